The quantitative estimate of drug-likeness (QED) is 0.713. The number of piperidine rings is 1. The maximum atomic E-state index is 13.0. The number of likely N-dealkylation sites (tertiary alicyclic amines) is 1. The van der Waals surface area contributed by atoms with Crippen LogP contribution in [0.1, 0.15) is 41.9 Å². The summed E-state index contributed by atoms with van der Waals surface area (Å²) in [6.07, 6.45) is 1.87. The SMILES string of the molecule is CC(C)C(=O)N1CCC(NC(=O)C(Cc2ccccc2)NC(=O)c2cccs2)CC1. The highest BCUT2D eigenvalue weighted by atomic mass is 32.1. The summed E-state index contributed by atoms with van der Waals surface area (Å²) in [5.74, 6) is -0.278. The van der Waals surface area contributed by atoms with Crippen molar-refractivity contribution in [3.63, 3.8) is 0 Å². The number of nitrogens with zero attached hydrogens (tertiary/aromatic N) is 1. The van der Waals surface area contributed by atoms with E-state index in [4.69, 9.17) is 0 Å². The van der Waals surface area contributed by atoms with Crippen molar-refractivity contribution in [2.45, 2.75) is 45.2 Å². The second-order valence-electron chi connectivity index (χ2n) is 7.96. The van der Waals surface area contributed by atoms with E-state index in [9.17, 15) is 14.4 Å². The predicted octanol–water partition coefficient (Wildman–Crippen LogP) is 2.85. The molecule has 1 saturated heterocycles. The molecule has 1 unspecified atom stereocenters. The Morgan fingerprint density at radius 1 is 1.07 bits per heavy atom. The largest absolute Gasteiger partial charge is 0.351 e. The Balaban J connectivity index is 1.62. The average Bonchev–Trinajstić information content (AvgIpc) is 3.29. The Morgan fingerprint density at radius 2 is 1.77 bits per heavy atom. The van der Waals surface area contributed by atoms with E-state index < -0.39 is 6.04 Å². The van der Waals surface area contributed by atoms with Gasteiger partial charge >= 0.3 is 0 Å². The number of amides is 3. The van der Waals surface area contributed by atoms with Gasteiger partial charge in [0.05, 0.1) is 4.88 Å². The molecule has 1 atom stereocenters. The Morgan fingerprint density at radius 3 is 2.37 bits per heavy atom. The van der Waals surface area contributed by atoms with Gasteiger partial charge in [0.2, 0.25) is 11.8 Å². The molecule has 1 fully saturated rings. The van der Waals surface area contributed by atoms with Crippen molar-refractivity contribution >= 4 is 29.1 Å². The van der Waals surface area contributed by atoms with Gasteiger partial charge in [-0.1, -0.05) is 50.2 Å². The standard InChI is InChI=1S/C23H29N3O3S/c1-16(2)23(29)26-12-10-18(11-13-26)24-21(27)19(15-17-7-4-3-5-8-17)25-22(28)20-9-6-14-30-20/h3-9,14,16,18-19H,10-13,15H2,1-2H3,(H,24,27)(H,25,28). The van der Waals surface area contributed by atoms with Gasteiger partial charge in [-0.25, -0.2) is 0 Å². The highest BCUT2D eigenvalue weighted by Gasteiger charge is 2.28. The van der Waals surface area contributed by atoms with Gasteiger partial charge in [-0.05, 0) is 29.9 Å². The normalized spacial score (nSPS) is 15.6. The van der Waals surface area contributed by atoms with Crippen LogP contribution in [0.15, 0.2) is 47.8 Å². The van der Waals surface area contributed by atoms with Crippen LogP contribution in [-0.4, -0.2) is 47.8 Å². The lowest BCUT2D eigenvalue weighted by molar-refractivity contribution is -0.135. The van der Waals surface area contributed by atoms with Gasteiger partial charge in [0.15, 0.2) is 0 Å². The fourth-order valence-corrected chi connectivity index (χ4v) is 4.23. The molecule has 2 N–H and O–H groups in total. The second-order valence-corrected chi connectivity index (χ2v) is 8.90. The van der Waals surface area contributed by atoms with Crippen molar-refractivity contribution in [2.75, 3.05) is 13.1 Å². The first kappa shape index (κ1) is 22.0. The van der Waals surface area contributed by atoms with Crippen molar-refractivity contribution in [1.29, 1.82) is 0 Å². The molecule has 1 aliphatic rings. The fourth-order valence-electron chi connectivity index (χ4n) is 3.61. The van der Waals surface area contributed by atoms with Crippen molar-refractivity contribution < 1.29 is 14.4 Å². The van der Waals surface area contributed by atoms with Crippen LogP contribution in [0, 0.1) is 5.92 Å². The summed E-state index contributed by atoms with van der Waals surface area (Å²) in [5.41, 5.74) is 0.987. The maximum absolute atomic E-state index is 13.0. The molecule has 3 amide bonds. The summed E-state index contributed by atoms with van der Waals surface area (Å²) < 4.78 is 0. The molecule has 0 saturated carbocycles. The molecule has 2 aromatic rings. The minimum Gasteiger partial charge on any atom is -0.351 e. The average molecular weight is 428 g/mol. The molecule has 160 valence electrons. The number of carbonyl (C=O) groups excluding carboxylic acids is 3. The third-order valence-electron chi connectivity index (χ3n) is 5.30. The van der Waals surface area contributed by atoms with Gasteiger partial charge < -0.3 is 15.5 Å². The predicted molar refractivity (Wildman–Crippen MR) is 118 cm³/mol. The molecule has 1 aromatic heterocycles. The molecule has 30 heavy (non-hydrogen) atoms. The van der Waals surface area contributed by atoms with Crippen LogP contribution in [0.5, 0.6) is 0 Å². The van der Waals surface area contributed by atoms with Crippen molar-refractivity contribution in [3.8, 4) is 0 Å². The van der Waals surface area contributed by atoms with E-state index in [-0.39, 0.29) is 29.7 Å². The number of carbonyl (C=O) groups is 3. The van der Waals surface area contributed by atoms with Gasteiger partial charge in [0.25, 0.3) is 5.91 Å². The Labute approximate surface area is 181 Å². The lowest BCUT2D eigenvalue weighted by Crippen LogP contribution is -2.53. The van der Waals surface area contributed by atoms with E-state index >= 15 is 0 Å². The first-order valence-corrected chi connectivity index (χ1v) is 11.3. The lowest BCUT2D eigenvalue weighted by atomic mass is 10.0. The minimum atomic E-state index is -0.655. The molecule has 0 aliphatic carbocycles. The molecule has 1 aliphatic heterocycles. The van der Waals surface area contributed by atoms with Gasteiger partial charge in [-0.15, -0.1) is 11.3 Å². The van der Waals surface area contributed by atoms with E-state index in [2.05, 4.69) is 10.6 Å². The summed E-state index contributed by atoms with van der Waals surface area (Å²) in [7, 11) is 0. The van der Waals surface area contributed by atoms with Crippen LogP contribution >= 0.6 is 11.3 Å². The Kier molecular flexibility index (Phi) is 7.63. The van der Waals surface area contributed by atoms with Gasteiger partial charge in [0, 0.05) is 31.5 Å². The maximum Gasteiger partial charge on any atom is 0.262 e. The van der Waals surface area contributed by atoms with Crippen molar-refractivity contribution in [2.24, 2.45) is 5.92 Å². The Hall–Kier alpha value is -2.67. The third-order valence-corrected chi connectivity index (χ3v) is 6.16. The van der Waals surface area contributed by atoms with Crippen LogP contribution in [0.3, 0.4) is 0 Å². The van der Waals surface area contributed by atoms with E-state index in [1.807, 2.05) is 60.5 Å². The number of thiophene rings is 1. The number of benzene rings is 1. The molecular weight excluding hydrogens is 398 g/mol. The van der Waals surface area contributed by atoms with Crippen LogP contribution in [0.4, 0.5) is 0 Å². The molecule has 2 heterocycles. The smallest absolute Gasteiger partial charge is 0.262 e. The zero-order valence-electron chi connectivity index (χ0n) is 17.5. The molecule has 0 bridgehead atoms. The summed E-state index contributed by atoms with van der Waals surface area (Å²) in [6, 6.07) is 12.6. The highest BCUT2D eigenvalue weighted by Crippen LogP contribution is 2.15. The zero-order chi connectivity index (χ0) is 21.5. The first-order valence-electron chi connectivity index (χ1n) is 10.4. The summed E-state index contributed by atoms with van der Waals surface area (Å²) >= 11 is 1.35. The van der Waals surface area contributed by atoms with Crippen molar-refractivity contribution in [1.82, 2.24) is 15.5 Å². The number of nitrogens with one attached hydrogen (secondary N) is 2. The second kappa shape index (κ2) is 10.4. The molecule has 0 radical (unpaired) electrons. The molecular formula is C23H29N3O3S. The number of hydrogen-bond acceptors (Lipinski definition) is 4. The summed E-state index contributed by atoms with van der Waals surface area (Å²) in [6.45, 7) is 5.10. The van der Waals surface area contributed by atoms with Gasteiger partial charge in [0.1, 0.15) is 6.04 Å². The summed E-state index contributed by atoms with van der Waals surface area (Å²) in [5, 5.41) is 7.83. The van der Waals surface area contributed by atoms with Gasteiger partial charge in [-0.2, -0.15) is 0 Å². The van der Waals surface area contributed by atoms with Crippen LogP contribution in [0.25, 0.3) is 0 Å². The van der Waals surface area contributed by atoms with Gasteiger partial charge in [-0.3, -0.25) is 14.4 Å². The highest BCUT2D eigenvalue weighted by molar-refractivity contribution is 7.12. The first-order chi connectivity index (χ1) is 14.4. The van der Waals surface area contributed by atoms with E-state index in [1.165, 1.54) is 11.3 Å². The zero-order valence-corrected chi connectivity index (χ0v) is 18.3. The molecule has 6 nitrogen and oxygen atoms in total. The van der Waals surface area contributed by atoms with E-state index in [1.54, 1.807) is 6.07 Å². The molecule has 0 spiro atoms. The summed E-state index contributed by atoms with van der Waals surface area (Å²) in [4.78, 5) is 40.2. The van der Waals surface area contributed by atoms with E-state index in [0.29, 0.717) is 24.4 Å². The lowest BCUT2D eigenvalue weighted by Gasteiger charge is -2.34. The Bertz CT molecular complexity index is 844. The molecule has 7 heteroatoms. The number of rotatable bonds is 7. The fraction of sp³-hybridized carbons (Fsp3) is 0.435. The molecule has 1 aromatic carbocycles. The van der Waals surface area contributed by atoms with E-state index in [0.717, 1.165) is 18.4 Å². The van der Waals surface area contributed by atoms with Crippen LogP contribution in [0.2, 0.25) is 0 Å². The number of hydrogen-bond donors (Lipinski definition) is 2. The van der Waals surface area contributed by atoms with Crippen molar-refractivity contribution in [3.05, 3.63) is 58.3 Å². The van der Waals surface area contributed by atoms with Crippen LogP contribution in [-0.2, 0) is 16.0 Å². The molecule has 3 rings (SSSR count). The third kappa shape index (κ3) is 5.92. The monoisotopic (exact) mass is 427 g/mol. The minimum absolute atomic E-state index is 0.00521. The topological polar surface area (TPSA) is 78.5 Å². The van der Waals surface area contributed by atoms with Crippen LogP contribution < -0.4 is 10.6 Å².